The summed E-state index contributed by atoms with van der Waals surface area (Å²) in [6, 6.07) is 27.7. The Morgan fingerprint density at radius 2 is 1.60 bits per heavy atom. The first-order chi connectivity index (χ1) is 19.6. The van der Waals surface area contributed by atoms with Crippen LogP contribution in [-0.2, 0) is 25.7 Å². The van der Waals surface area contributed by atoms with Gasteiger partial charge in [0.05, 0.1) is 18.1 Å². The molecule has 0 radical (unpaired) electrons. The first-order valence-corrected chi connectivity index (χ1v) is 13.9. The Kier molecular flexibility index (Phi) is 8.77. The molecule has 0 saturated carbocycles. The van der Waals surface area contributed by atoms with Crippen molar-refractivity contribution in [1.29, 1.82) is 0 Å². The van der Waals surface area contributed by atoms with E-state index in [2.05, 4.69) is 17.4 Å². The van der Waals surface area contributed by atoms with Crippen LogP contribution in [0.3, 0.4) is 0 Å². The fourth-order valence-electron chi connectivity index (χ4n) is 5.58. The second-order valence-electron chi connectivity index (χ2n) is 10.1. The van der Waals surface area contributed by atoms with Gasteiger partial charge in [-0.05, 0) is 43.4 Å². The van der Waals surface area contributed by atoms with Gasteiger partial charge in [-0.15, -0.1) is 0 Å². The van der Waals surface area contributed by atoms with E-state index in [1.165, 1.54) is 0 Å². The number of hydrogen-bond donors (Lipinski definition) is 1. The number of dihydropyridines is 1. The summed E-state index contributed by atoms with van der Waals surface area (Å²) < 4.78 is 17.3. The Labute approximate surface area is 235 Å². The molecule has 6 heteroatoms. The lowest BCUT2D eigenvalue weighted by atomic mass is 9.71. The van der Waals surface area contributed by atoms with E-state index in [-0.39, 0.29) is 18.3 Å². The molecule has 3 aromatic carbocycles. The summed E-state index contributed by atoms with van der Waals surface area (Å²) >= 11 is 0. The molecule has 2 aliphatic rings. The number of Topliss-reactive ketones (excluding diaryl/α,β-unsaturated/α-hetero) is 1. The Hall–Kier alpha value is -4.16. The molecule has 3 aromatic rings. The number of ether oxygens (including phenoxy) is 3. The molecule has 0 aromatic heterocycles. The first-order valence-electron chi connectivity index (χ1n) is 13.9. The lowest BCUT2D eigenvalue weighted by Crippen LogP contribution is -2.36. The molecule has 2 atom stereocenters. The number of nitrogens with one attached hydrogen (secondary N) is 1. The average Bonchev–Trinajstić information content (AvgIpc) is 2.98. The smallest absolute Gasteiger partial charge is 0.336 e. The molecule has 1 aliphatic heterocycles. The molecule has 1 aliphatic carbocycles. The van der Waals surface area contributed by atoms with Crippen molar-refractivity contribution < 1.29 is 23.8 Å². The highest BCUT2D eigenvalue weighted by Gasteiger charge is 2.42. The molecule has 206 valence electrons. The minimum atomic E-state index is -0.605. The highest BCUT2D eigenvalue weighted by Crippen LogP contribution is 2.47. The lowest BCUT2D eigenvalue weighted by molar-refractivity contribution is -0.140. The van der Waals surface area contributed by atoms with Gasteiger partial charge in [-0.2, -0.15) is 0 Å². The van der Waals surface area contributed by atoms with Crippen molar-refractivity contribution >= 4 is 11.8 Å². The molecule has 6 nitrogen and oxygen atoms in total. The quantitative estimate of drug-likeness (QED) is 0.245. The van der Waals surface area contributed by atoms with E-state index in [4.69, 9.17) is 14.2 Å². The zero-order chi connectivity index (χ0) is 27.9. The highest BCUT2D eigenvalue weighted by molar-refractivity contribution is 6.04. The second-order valence-corrected chi connectivity index (χ2v) is 10.1. The largest absolute Gasteiger partial charge is 0.489 e. The van der Waals surface area contributed by atoms with E-state index < -0.39 is 11.9 Å². The molecule has 0 spiro atoms. The minimum Gasteiger partial charge on any atom is -0.489 e. The fraction of sp³-hybridized carbons (Fsp3) is 0.294. The predicted molar refractivity (Wildman–Crippen MR) is 154 cm³/mol. The van der Waals surface area contributed by atoms with E-state index in [0.717, 1.165) is 22.4 Å². The summed E-state index contributed by atoms with van der Waals surface area (Å²) in [6.45, 7) is 5.14. The number of esters is 1. The molecule has 0 saturated heterocycles. The number of ketones is 1. The first kappa shape index (κ1) is 27.4. The number of benzene rings is 3. The Bertz CT molecular complexity index is 1410. The number of hydrogen-bond acceptors (Lipinski definition) is 6. The van der Waals surface area contributed by atoms with Crippen LogP contribution in [0.5, 0.6) is 5.75 Å². The molecule has 40 heavy (non-hydrogen) atoms. The van der Waals surface area contributed by atoms with Crippen molar-refractivity contribution in [3.05, 3.63) is 124 Å². The maximum atomic E-state index is 13.9. The van der Waals surface area contributed by atoms with Gasteiger partial charge in [0, 0.05) is 35.6 Å². The molecule has 0 bridgehead atoms. The van der Waals surface area contributed by atoms with E-state index in [1.54, 1.807) is 0 Å². The standard InChI is InChI=1S/C34H35NO5/c1-3-38-18-19-39-34(37)31-23(2)35-28-20-26(25-14-8-5-9-15-25)21-29(36)33(28)32(31)27-16-10-11-17-30(27)40-22-24-12-6-4-7-13-24/h4-17,26,32,35H,3,18-22H2,1-2H3/t26-,32-/m0/s1. The third-order valence-corrected chi connectivity index (χ3v) is 7.45. The maximum absolute atomic E-state index is 13.9. The summed E-state index contributed by atoms with van der Waals surface area (Å²) in [5, 5.41) is 3.42. The van der Waals surface area contributed by atoms with Crippen molar-refractivity contribution in [3.8, 4) is 5.75 Å². The molecule has 0 fully saturated rings. The van der Waals surface area contributed by atoms with E-state index in [0.29, 0.717) is 55.3 Å². The van der Waals surface area contributed by atoms with Crippen molar-refractivity contribution in [3.63, 3.8) is 0 Å². The zero-order valence-electron chi connectivity index (χ0n) is 23.0. The van der Waals surface area contributed by atoms with Gasteiger partial charge in [-0.25, -0.2) is 4.79 Å². The number of carbonyl (C=O) groups is 2. The topological polar surface area (TPSA) is 73.9 Å². The Morgan fingerprint density at radius 3 is 2.35 bits per heavy atom. The average molecular weight is 538 g/mol. The van der Waals surface area contributed by atoms with Crippen LogP contribution in [0.2, 0.25) is 0 Å². The monoisotopic (exact) mass is 537 g/mol. The van der Waals surface area contributed by atoms with Gasteiger partial charge in [0.15, 0.2) is 5.78 Å². The lowest BCUT2D eigenvalue weighted by Gasteiger charge is -2.37. The molecule has 1 heterocycles. The number of rotatable bonds is 10. The predicted octanol–water partition coefficient (Wildman–Crippen LogP) is 6.21. The van der Waals surface area contributed by atoms with Crippen LogP contribution in [0.4, 0.5) is 0 Å². The van der Waals surface area contributed by atoms with Gasteiger partial charge >= 0.3 is 5.97 Å². The van der Waals surface area contributed by atoms with Crippen molar-refractivity contribution in [2.45, 2.75) is 45.1 Å². The number of carbonyl (C=O) groups excluding carboxylic acids is 2. The van der Waals surface area contributed by atoms with Crippen LogP contribution in [0.25, 0.3) is 0 Å². The van der Waals surface area contributed by atoms with E-state index in [1.807, 2.05) is 86.6 Å². The third-order valence-electron chi connectivity index (χ3n) is 7.45. The van der Waals surface area contributed by atoms with Crippen molar-refractivity contribution in [2.24, 2.45) is 0 Å². The van der Waals surface area contributed by atoms with Gasteiger partial charge in [-0.3, -0.25) is 4.79 Å². The van der Waals surface area contributed by atoms with Crippen molar-refractivity contribution in [2.75, 3.05) is 19.8 Å². The number of allylic oxidation sites excluding steroid dienone is 3. The van der Waals surface area contributed by atoms with Gasteiger partial charge in [0.25, 0.3) is 0 Å². The summed E-state index contributed by atoms with van der Waals surface area (Å²) in [5.74, 6) is -0.338. The molecule has 0 amide bonds. The normalized spacial score (nSPS) is 18.7. The van der Waals surface area contributed by atoms with E-state index in [9.17, 15) is 9.59 Å². The summed E-state index contributed by atoms with van der Waals surface area (Å²) in [5.41, 5.74) is 5.53. The summed E-state index contributed by atoms with van der Waals surface area (Å²) in [6.07, 6.45) is 1.05. The summed E-state index contributed by atoms with van der Waals surface area (Å²) in [4.78, 5) is 27.5. The van der Waals surface area contributed by atoms with Crippen LogP contribution in [0.1, 0.15) is 55.2 Å². The Balaban J connectivity index is 1.53. The zero-order valence-corrected chi connectivity index (χ0v) is 23.0. The van der Waals surface area contributed by atoms with Gasteiger partial charge in [0.1, 0.15) is 19.0 Å². The summed E-state index contributed by atoms with van der Waals surface area (Å²) in [7, 11) is 0. The molecular weight excluding hydrogens is 502 g/mol. The van der Waals surface area contributed by atoms with Gasteiger partial charge in [-0.1, -0.05) is 78.9 Å². The molecular formula is C34H35NO5. The van der Waals surface area contributed by atoms with Crippen LogP contribution in [-0.4, -0.2) is 31.6 Å². The minimum absolute atomic E-state index is 0.0255. The second kappa shape index (κ2) is 12.8. The molecule has 0 unspecified atom stereocenters. The van der Waals surface area contributed by atoms with E-state index >= 15 is 0 Å². The van der Waals surface area contributed by atoms with Crippen molar-refractivity contribution in [1.82, 2.24) is 5.32 Å². The van der Waals surface area contributed by atoms with Gasteiger partial charge in [0.2, 0.25) is 0 Å². The SMILES string of the molecule is CCOCCOC(=O)C1=C(C)NC2=C(C(=O)C[C@@H](c3ccccc3)C2)[C@H]1c1ccccc1OCc1ccccc1. The van der Waals surface area contributed by atoms with Gasteiger partial charge < -0.3 is 19.5 Å². The Morgan fingerprint density at radius 1 is 0.900 bits per heavy atom. The fourth-order valence-corrected chi connectivity index (χ4v) is 5.58. The van der Waals surface area contributed by atoms with Crippen LogP contribution < -0.4 is 10.1 Å². The molecule has 5 rings (SSSR count). The highest BCUT2D eigenvalue weighted by atomic mass is 16.6. The molecule has 1 N–H and O–H groups in total. The maximum Gasteiger partial charge on any atom is 0.336 e. The number of para-hydroxylation sites is 1. The van der Waals surface area contributed by atoms with Crippen LogP contribution in [0.15, 0.2) is 107 Å². The van der Waals surface area contributed by atoms with Crippen LogP contribution in [0, 0.1) is 0 Å². The van der Waals surface area contributed by atoms with Crippen LogP contribution >= 0.6 is 0 Å². The third kappa shape index (κ3) is 6.02.